The Labute approximate surface area is 272 Å². The van der Waals surface area contributed by atoms with Crippen molar-refractivity contribution in [2.75, 3.05) is 69.4 Å². The molecule has 244 valence electrons. The quantitative estimate of drug-likeness (QED) is 0.199. The van der Waals surface area contributed by atoms with Crippen molar-refractivity contribution in [3.05, 3.63) is 90.9 Å². The van der Waals surface area contributed by atoms with Gasteiger partial charge in [-0.05, 0) is 48.5 Å². The Morgan fingerprint density at radius 2 is 1.68 bits per heavy atom. The number of benzene rings is 2. The van der Waals surface area contributed by atoms with Gasteiger partial charge >= 0.3 is 5.97 Å². The lowest BCUT2D eigenvalue weighted by molar-refractivity contribution is -0.142. The van der Waals surface area contributed by atoms with Gasteiger partial charge in [0.1, 0.15) is 5.69 Å². The van der Waals surface area contributed by atoms with Crippen molar-refractivity contribution in [3.63, 3.8) is 0 Å². The third kappa shape index (κ3) is 7.74. The zero-order valence-corrected chi connectivity index (χ0v) is 26.3. The summed E-state index contributed by atoms with van der Waals surface area (Å²) in [6, 6.07) is 17.9. The zero-order chi connectivity index (χ0) is 32.6. The van der Waals surface area contributed by atoms with Gasteiger partial charge in [-0.15, -0.1) is 0 Å². The predicted octanol–water partition coefficient (Wildman–Crippen LogP) is 2.99. The number of nitrogens with zero attached hydrogens (tertiary/aromatic N) is 5. The van der Waals surface area contributed by atoms with Crippen molar-refractivity contribution in [2.45, 2.75) is 4.90 Å². The van der Waals surface area contributed by atoms with E-state index in [2.05, 4.69) is 10.3 Å². The molecular weight excluding hydrogens is 624 g/mol. The largest absolute Gasteiger partial charge is 0.452 e. The lowest BCUT2D eigenvalue weighted by atomic mass is 10.1. The molecule has 2 aliphatic rings. The molecule has 2 aliphatic heterocycles. The molecule has 1 amide bonds. The molecule has 0 spiro atoms. The molecule has 6 rings (SSSR count). The molecule has 47 heavy (non-hydrogen) atoms. The predicted molar refractivity (Wildman–Crippen MR) is 174 cm³/mol. The first kappa shape index (κ1) is 32.1. The average molecular weight is 659 g/mol. The van der Waals surface area contributed by atoms with Gasteiger partial charge in [0.25, 0.3) is 5.91 Å². The van der Waals surface area contributed by atoms with Crippen LogP contribution in [0.5, 0.6) is 0 Å². The maximum Gasteiger partial charge on any atom is 0.331 e. The van der Waals surface area contributed by atoms with E-state index in [1.807, 2.05) is 41.3 Å². The number of morpholine rings is 2. The van der Waals surface area contributed by atoms with Crippen LogP contribution >= 0.6 is 0 Å². The molecule has 0 unspecified atom stereocenters. The Morgan fingerprint density at radius 3 is 2.40 bits per heavy atom. The van der Waals surface area contributed by atoms with Crippen molar-refractivity contribution in [1.82, 2.24) is 19.1 Å². The summed E-state index contributed by atoms with van der Waals surface area (Å²) >= 11 is 0. The van der Waals surface area contributed by atoms with Crippen LogP contribution in [0.4, 0.5) is 11.4 Å². The first-order valence-electron chi connectivity index (χ1n) is 15.1. The summed E-state index contributed by atoms with van der Waals surface area (Å²) in [6.07, 6.45) is 7.95. The number of sulfonamides is 1. The smallest absolute Gasteiger partial charge is 0.331 e. The average Bonchev–Trinajstić information content (AvgIpc) is 3.56. The molecule has 13 nitrogen and oxygen atoms in total. The van der Waals surface area contributed by atoms with Gasteiger partial charge in [0.15, 0.2) is 6.61 Å². The number of aromatic nitrogens is 3. The number of amides is 1. The maximum absolute atomic E-state index is 13.4. The van der Waals surface area contributed by atoms with Crippen LogP contribution in [-0.4, -0.2) is 98.6 Å². The zero-order valence-electron chi connectivity index (χ0n) is 25.5. The number of rotatable bonds is 10. The minimum Gasteiger partial charge on any atom is -0.452 e. The first-order chi connectivity index (χ1) is 22.9. The molecule has 0 aliphatic carbocycles. The topological polar surface area (TPSA) is 145 Å². The van der Waals surface area contributed by atoms with Crippen LogP contribution in [0.1, 0.15) is 5.56 Å². The Morgan fingerprint density at radius 1 is 0.936 bits per heavy atom. The fraction of sp³-hybridized carbons (Fsp3) is 0.273. The van der Waals surface area contributed by atoms with E-state index in [9.17, 15) is 18.0 Å². The summed E-state index contributed by atoms with van der Waals surface area (Å²) in [6.45, 7) is 2.68. The summed E-state index contributed by atoms with van der Waals surface area (Å²) in [5, 5.41) is 7.45. The highest BCUT2D eigenvalue weighted by Crippen LogP contribution is 2.31. The van der Waals surface area contributed by atoms with Crippen LogP contribution < -0.4 is 10.2 Å². The third-order valence-corrected chi connectivity index (χ3v) is 9.54. The number of esters is 1. The number of hydrogen-bond acceptors (Lipinski definition) is 10. The number of nitrogens with one attached hydrogen (secondary N) is 1. The number of para-hydroxylation sites is 1. The highest BCUT2D eigenvalue weighted by molar-refractivity contribution is 7.89. The van der Waals surface area contributed by atoms with Crippen molar-refractivity contribution in [1.29, 1.82) is 0 Å². The summed E-state index contributed by atoms with van der Waals surface area (Å²) in [5.74, 6) is -1.35. The molecule has 1 N–H and O–H groups in total. The lowest BCUT2D eigenvalue weighted by Crippen LogP contribution is -2.40. The second kappa shape index (κ2) is 14.7. The van der Waals surface area contributed by atoms with E-state index in [0.717, 1.165) is 11.3 Å². The molecule has 0 atom stereocenters. The minimum atomic E-state index is -3.81. The van der Waals surface area contributed by atoms with E-state index >= 15 is 0 Å². The number of hydrogen-bond donors (Lipinski definition) is 1. The van der Waals surface area contributed by atoms with Crippen LogP contribution in [0.25, 0.3) is 23.0 Å². The maximum atomic E-state index is 13.4. The van der Waals surface area contributed by atoms with E-state index in [1.54, 1.807) is 41.5 Å². The van der Waals surface area contributed by atoms with E-state index in [1.165, 1.54) is 22.5 Å². The Hall–Kier alpha value is -4.89. The standard InChI is InChI=1S/C33H34N6O7S/c40-31(35-29-21-28(47(42,43)38-15-19-45-20-16-38)9-10-30(29)37-13-17-44-18-14-37)24-46-32(41)11-8-26-23-39(27-6-2-1-3-7-27)36-33(26)25-5-4-12-34-22-25/h1-12,21-23H,13-20,24H2,(H,35,40)/b11-8-. The molecule has 4 aromatic rings. The van der Waals surface area contributed by atoms with E-state index < -0.39 is 28.5 Å². The van der Waals surface area contributed by atoms with E-state index in [-0.39, 0.29) is 18.0 Å². The summed E-state index contributed by atoms with van der Waals surface area (Å²) < 4.78 is 45.8. The van der Waals surface area contributed by atoms with Gasteiger partial charge in [0, 0.05) is 62.0 Å². The van der Waals surface area contributed by atoms with Crippen molar-refractivity contribution < 1.29 is 32.2 Å². The molecule has 0 radical (unpaired) electrons. The molecule has 0 saturated carbocycles. The summed E-state index contributed by atoms with van der Waals surface area (Å²) in [4.78, 5) is 32.0. The molecule has 4 heterocycles. The normalized spacial score (nSPS) is 15.9. The number of carbonyl (C=O) groups excluding carboxylic acids is 2. The molecular formula is C33H34N6O7S. The van der Waals surface area contributed by atoms with Gasteiger partial charge in [-0.2, -0.15) is 9.40 Å². The number of anilines is 2. The monoisotopic (exact) mass is 658 g/mol. The lowest BCUT2D eigenvalue weighted by Gasteiger charge is -2.31. The Kier molecular flexibility index (Phi) is 10.0. The minimum absolute atomic E-state index is 0.0482. The Balaban J connectivity index is 1.16. The van der Waals surface area contributed by atoms with Gasteiger partial charge in [0.05, 0.1) is 48.4 Å². The van der Waals surface area contributed by atoms with Gasteiger partial charge in [0.2, 0.25) is 10.0 Å². The van der Waals surface area contributed by atoms with Crippen LogP contribution in [0.15, 0.2) is 90.2 Å². The van der Waals surface area contributed by atoms with Gasteiger partial charge in [-0.25, -0.2) is 17.9 Å². The highest BCUT2D eigenvalue weighted by atomic mass is 32.2. The van der Waals surface area contributed by atoms with Crippen LogP contribution in [0.2, 0.25) is 0 Å². The van der Waals surface area contributed by atoms with Crippen LogP contribution in [0.3, 0.4) is 0 Å². The fourth-order valence-corrected chi connectivity index (χ4v) is 6.70. The van der Waals surface area contributed by atoms with E-state index in [4.69, 9.17) is 19.3 Å². The van der Waals surface area contributed by atoms with Gasteiger partial charge in [-0.3, -0.25) is 9.78 Å². The molecule has 2 aromatic heterocycles. The molecule has 14 heteroatoms. The Bertz CT molecular complexity index is 1840. The SMILES string of the molecule is O=C(COC(=O)/C=C\c1cn(-c2ccccc2)nc1-c1cccnc1)Nc1cc(S(=O)(=O)N2CCOCC2)ccc1N1CCOCC1. The van der Waals surface area contributed by atoms with Crippen molar-refractivity contribution >= 4 is 39.4 Å². The molecule has 2 saturated heterocycles. The molecule has 0 bridgehead atoms. The second-order valence-electron chi connectivity index (χ2n) is 10.7. The van der Waals surface area contributed by atoms with Crippen LogP contribution in [-0.2, 0) is 33.8 Å². The molecule has 2 fully saturated rings. The van der Waals surface area contributed by atoms with E-state index in [0.29, 0.717) is 62.1 Å². The second-order valence-corrected chi connectivity index (χ2v) is 12.7. The van der Waals surface area contributed by atoms with Crippen molar-refractivity contribution in [3.8, 4) is 16.9 Å². The fourth-order valence-electron chi connectivity index (χ4n) is 5.27. The number of carbonyl (C=O) groups is 2. The highest BCUT2D eigenvalue weighted by Gasteiger charge is 2.28. The van der Waals surface area contributed by atoms with Gasteiger partial charge < -0.3 is 24.4 Å². The molecule has 2 aromatic carbocycles. The summed E-state index contributed by atoms with van der Waals surface area (Å²) in [7, 11) is -3.81. The third-order valence-electron chi connectivity index (χ3n) is 7.64. The summed E-state index contributed by atoms with van der Waals surface area (Å²) in [5.41, 5.74) is 3.82. The van der Waals surface area contributed by atoms with Crippen LogP contribution in [0, 0.1) is 0 Å². The number of ether oxygens (including phenoxy) is 3. The van der Waals surface area contributed by atoms with Crippen molar-refractivity contribution in [2.24, 2.45) is 0 Å². The first-order valence-corrected chi connectivity index (χ1v) is 16.6. The van der Waals surface area contributed by atoms with Gasteiger partial charge in [-0.1, -0.05) is 18.2 Å². The number of pyridine rings is 1.